The number of carbonyl (C=O) groups excluding carboxylic acids is 1. The second-order valence-corrected chi connectivity index (χ2v) is 6.88. The summed E-state index contributed by atoms with van der Waals surface area (Å²) in [5.74, 6) is 0.981. The zero-order valence-electron chi connectivity index (χ0n) is 12.8. The zero-order chi connectivity index (χ0) is 15.5. The third kappa shape index (κ3) is 5.21. The summed E-state index contributed by atoms with van der Waals surface area (Å²) in [7, 11) is 0. The Balaban J connectivity index is 1.66. The van der Waals surface area contributed by atoms with E-state index in [1.54, 1.807) is 0 Å². The summed E-state index contributed by atoms with van der Waals surface area (Å²) < 4.78 is 5.83. The lowest BCUT2D eigenvalue weighted by atomic mass is 10.1. The van der Waals surface area contributed by atoms with E-state index in [0.717, 1.165) is 29.3 Å². The minimum atomic E-state index is -0.174. The number of fused-ring (bicyclic) bond motifs is 1. The third-order valence-electron chi connectivity index (χ3n) is 3.18. The van der Waals surface area contributed by atoms with Crippen molar-refractivity contribution in [2.75, 3.05) is 13.1 Å². The van der Waals surface area contributed by atoms with Crippen LogP contribution in [0.25, 0.3) is 0 Å². The molecule has 1 amide bonds. The van der Waals surface area contributed by atoms with Gasteiger partial charge in [-0.25, -0.2) is 0 Å². The number of carbonyl (C=O) groups is 1. The number of halogens is 1. The summed E-state index contributed by atoms with van der Waals surface area (Å²) in [6, 6.07) is 5.70. The minimum Gasteiger partial charge on any atom is -0.488 e. The molecule has 1 aliphatic rings. The van der Waals surface area contributed by atoms with Gasteiger partial charge in [-0.05, 0) is 44.5 Å². The van der Waals surface area contributed by atoms with E-state index in [4.69, 9.17) is 16.3 Å². The maximum Gasteiger partial charge on any atom is 0.221 e. The molecule has 5 heteroatoms. The maximum atomic E-state index is 11.7. The van der Waals surface area contributed by atoms with Crippen LogP contribution < -0.4 is 15.4 Å². The number of hydrogen-bond donors (Lipinski definition) is 2. The molecule has 0 fully saturated rings. The SMILES string of the molecule is CC(C)(C)NC(=O)CCNCC1Cc2cc(Cl)ccc2O1. The first-order chi connectivity index (χ1) is 9.83. The smallest absolute Gasteiger partial charge is 0.221 e. The van der Waals surface area contributed by atoms with E-state index in [1.165, 1.54) is 0 Å². The van der Waals surface area contributed by atoms with Crippen molar-refractivity contribution >= 4 is 17.5 Å². The molecule has 2 N–H and O–H groups in total. The van der Waals surface area contributed by atoms with E-state index in [0.29, 0.717) is 13.0 Å². The highest BCUT2D eigenvalue weighted by atomic mass is 35.5. The van der Waals surface area contributed by atoms with Crippen molar-refractivity contribution in [3.05, 3.63) is 28.8 Å². The molecule has 1 heterocycles. The average molecular weight is 311 g/mol. The maximum absolute atomic E-state index is 11.7. The van der Waals surface area contributed by atoms with E-state index in [2.05, 4.69) is 10.6 Å². The van der Waals surface area contributed by atoms with Gasteiger partial charge in [0.15, 0.2) is 0 Å². The highest BCUT2D eigenvalue weighted by molar-refractivity contribution is 6.30. The molecule has 116 valence electrons. The molecule has 1 aliphatic heterocycles. The molecular weight excluding hydrogens is 288 g/mol. The molecule has 1 unspecified atom stereocenters. The van der Waals surface area contributed by atoms with Crippen LogP contribution in [-0.2, 0) is 11.2 Å². The van der Waals surface area contributed by atoms with E-state index in [-0.39, 0.29) is 17.6 Å². The van der Waals surface area contributed by atoms with Crippen LogP contribution in [0.2, 0.25) is 5.02 Å². The fourth-order valence-electron chi connectivity index (χ4n) is 2.35. The van der Waals surface area contributed by atoms with E-state index in [1.807, 2.05) is 39.0 Å². The molecule has 21 heavy (non-hydrogen) atoms. The number of nitrogens with one attached hydrogen (secondary N) is 2. The van der Waals surface area contributed by atoms with Gasteiger partial charge in [0.25, 0.3) is 0 Å². The van der Waals surface area contributed by atoms with Crippen molar-refractivity contribution < 1.29 is 9.53 Å². The van der Waals surface area contributed by atoms with Crippen LogP contribution in [0.3, 0.4) is 0 Å². The molecular formula is C16H23ClN2O2. The second-order valence-electron chi connectivity index (χ2n) is 6.45. The molecule has 0 spiro atoms. The molecule has 0 saturated heterocycles. The van der Waals surface area contributed by atoms with Crippen LogP contribution in [0.1, 0.15) is 32.8 Å². The molecule has 4 nitrogen and oxygen atoms in total. The highest BCUT2D eigenvalue weighted by Crippen LogP contribution is 2.30. The Morgan fingerprint density at radius 3 is 2.90 bits per heavy atom. The van der Waals surface area contributed by atoms with Crippen LogP contribution >= 0.6 is 11.6 Å². The number of rotatable bonds is 5. The number of amides is 1. The zero-order valence-corrected chi connectivity index (χ0v) is 13.6. The van der Waals surface area contributed by atoms with Crippen molar-refractivity contribution in [1.82, 2.24) is 10.6 Å². The third-order valence-corrected chi connectivity index (χ3v) is 3.41. The molecule has 0 radical (unpaired) electrons. The van der Waals surface area contributed by atoms with Gasteiger partial charge in [0.05, 0.1) is 0 Å². The van der Waals surface area contributed by atoms with Crippen molar-refractivity contribution in [3.63, 3.8) is 0 Å². The van der Waals surface area contributed by atoms with Gasteiger partial charge in [-0.3, -0.25) is 4.79 Å². The lowest BCUT2D eigenvalue weighted by Crippen LogP contribution is -2.42. The quantitative estimate of drug-likeness (QED) is 0.822. The summed E-state index contributed by atoms with van der Waals surface area (Å²) in [6.07, 6.45) is 1.45. The molecule has 0 aromatic heterocycles. The van der Waals surface area contributed by atoms with Crippen molar-refractivity contribution in [2.45, 2.75) is 45.3 Å². The lowest BCUT2D eigenvalue weighted by molar-refractivity contribution is -0.122. The summed E-state index contributed by atoms with van der Waals surface area (Å²) in [5, 5.41) is 6.96. The fraction of sp³-hybridized carbons (Fsp3) is 0.562. The standard InChI is InChI=1S/C16H23ClN2O2/c1-16(2,3)19-15(20)6-7-18-10-13-9-11-8-12(17)4-5-14(11)21-13/h4-5,8,13,18H,6-7,9-10H2,1-3H3,(H,19,20). The van der Waals surface area contributed by atoms with Crippen molar-refractivity contribution in [3.8, 4) is 5.75 Å². The van der Waals surface area contributed by atoms with Gasteiger partial charge < -0.3 is 15.4 Å². The van der Waals surface area contributed by atoms with Crippen LogP contribution in [-0.4, -0.2) is 30.6 Å². The largest absolute Gasteiger partial charge is 0.488 e. The first-order valence-corrected chi connectivity index (χ1v) is 7.68. The normalized spacial score (nSPS) is 17.2. The van der Waals surface area contributed by atoms with Crippen molar-refractivity contribution in [2.24, 2.45) is 0 Å². The summed E-state index contributed by atoms with van der Waals surface area (Å²) in [6.45, 7) is 7.32. The van der Waals surface area contributed by atoms with E-state index in [9.17, 15) is 4.79 Å². The van der Waals surface area contributed by atoms with Crippen molar-refractivity contribution in [1.29, 1.82) is 0 Å². The van der Waals surface area contributed by atoms with Crippen LogP contribution in [0, 0.1) is 0 Å². The fourth-order valence-corrected chi connectivity index (χ4v) is 2.54. The number of hydrogen-bond acceptors (Lipinski definition) is 3. The molecule has 2 rings (SSSR count). The van der Waals surface area contributed by atoms with Gasteiger partial charge in [-0.1, -0.05) is 11.6 Å². The van der Waals surface area contributed by atoms with E-state index >= 15 is 0 Å². The predicted molar refractivity (Wildman–Crippen MR) is 85.0 cm³/mol. The predicted octanol–water partition coefficient (Wildman–Crippen LogP) is 2.54. The first kappa shape index (κ1) is 16.1. The van der Waals surface area contributed by atoms with Gasteiger partial charge in [0, 0.05) is 36.5 Å². The molecule has 1 atom stereocenters. The van der Waals surface area contributed by atoms with Gasteiger partial charge >= 0.3 is 0 Å². The molecule has 1 aromatic rings. The monoisotopic (exact) mass is 310 g/mol. The minimum absolute atomic E-state index is 0.0670. The Morgan fingerprint density at radius 1 is 1.43 bits per heavy atom. The molecule has 0 saturated carbocycles. The van der Waals surface area contributed by atoms with Gasteiger partial charge in [-0.2, -0.15) is 0 Å². The second kappa shape index (κ2) is 6.67. The Bertz CT molecular complexity index is 511. The lowest BCUT2D eigenvalue weighted by Gasteiger charge is -2.20. The summed E-state index contributed by atoms with van der Waals surface area (Å²) >= 11 is 5.97. The number of benzene rings is 1. The Morgan fingerprint density at radius 2 is 2.19 bits per heavy atom. The average Bonchev–Trinajstić information content (AvgIpc) is 2.74. The molecule has 0 aliphatic carbocycles. The molecule has 0 bridgehead atoms. The van der Waals surface area contributed by atoms with E-state index < -0.39 is 0 Å². The Labute approximate surface area is 131 Å². The summed E-state index contributed by atoms with van der Waals surface area (Å²) in [4.78, 5) is 11.7. The van der Waals surface area contributed by atoms with Crippen LogP contribution in [0.4, 0.5) is 0 Å². The Hall–Kier alpha value is -1.26. The Kier molecular flexibility index (Phi) is 5.12. The highest BCUT2D eigenvalue weighted by Gasteiger charge is 2.22. The van der Waals surface area contributed by atoms with Crippen LogP contribution in [0.15, 0.2) is 18.2 Å². The van der Waals surface area contributed by atoms with Gasteiger partial charge in [0.1, 0.15) is 11.9 Å². The first-order valence-electron chi connectivity index (χ1n) is 7.30. The van der Waals surface area contributed by atoms with Gasteiger partial charge in [-0.15, -0.1) is 0 Å². The summed E-state index contributed by atoms with van der Waals surface area (Å²) in [5.41, 5.74) is 0.979. The van der Waals surface area contributed by atoms with Crippen LogP contribution in [0.5, 0.6) is 5.75 Å². The topological polar surface area (TPSA) is 50.4 Å². The number of ether oxygens (including phenoxy) is 1. The molecule has 1 aromatic carbocycles. The van der Waals surface area contributed by atoms with Gasteiger partial charge in [0.2, 0.25) is 5.91 Å².